The number of pyridine rings is 1. The van der Waals surface area contributed by atoms with Crippen molar-refractivity contribution in [3.05, 3.63) is 57.9 Å². The van der Waals surface area contributed by atoms with Crippen LogP contribution in [0.1, 0.15) is 16.1 Å². The van der Waals surface area contributed by atoms with E-state index < -0.39 is 0 Å². The minimum Gasteiger partial charge on any atom is -0.390 e. The predicted octanol–water partition coefficient (Wildman–Crippen LogP) is 3.35. The molecule has 106 valence electrons. The van der Waals surface area contributed by atoms with Crippen molar-refractivity contribution in [2.45, 2.75) is 19.6 Å². The molecule has 1 N–H and O–H groups in total. The van der Waals surface area contributed by atoms with Crippen LogP contribution in [0.3, 0.4) is 0 Å². The molecule has 0 saturated carbocycles. The van der Waals surface area contributed by atoms with Gasteiger partial charge in [-0.3, -0.25) is 4.98 Å². The normalized spacial score (nSPS) is 14.4. The third-order valence-electron chi connectivity index (χ3n) is 4.06. The van der Waals surface area contributed by atoms with Crippen molar-refractivity contribution < 1.29 is 5.11 Å². The second kappa shape index (κ2) is 5.13. The second-order valence-electron chi connectivity index (χ2n) is 5.35. The molecule has 1 aromatic carbocycles. The van der Waals surface area contributed by atoms with Crippen LogP contribution in [0.4, 0.5) is 5.69 Å². The Labute approximate surface area is 127 Å². The average molecular weight is 296 g/mol. The van der Waals surface area contributed by atoms with Crippen molar-refractivity contribution in [1.29, 1.82) is 0 Å². The summed E-state index contributed by atoms with van der Waals surface area (Å²) in [5.41, 5.74) is 4.30. The van der Waals surface area contributed by atoms with E-state index in [1.807, 2.05) is 35.6 Å². The lowest BCUT2D eigenvalue weighted by atomic mass is 10.1. The van der Waals surface area contributed by atoms with E-state index in [0.29, 0.717) is 0 Å². The fourth-order valence-electron chi connectivity index (χ4n) is 3.01. The van der Waals surface area contributed by atoms with Gasteiger partial charge in [0.05, 0.1) is 17.8 Å². The zero-order valence-electron chi connectivity index (χ0n) is 11.6. The predicted molar refractivity (Wildman–Crippen MR) is 86.7 cm³/mol. The van der Waals surface area contributed by atoms with Gasteiger partial charge in [0.25, 0.3) is 0 Å². The number of aromatic nitrogens is 1. The number of para-hydroxylation sites is 1. The highest BCUT2D eigenvalue weighted by Crippen LogP contribution is 2.32. The highest BCUT2D eigenvalue weighted by atomic mass is 32.1. The third-order valence-corrected chi connectivity index (χ3v) is 5.08. The number of hydrogen-bond donors (Lipinski definition) is 1. The summed E-state index contributed by atoms with van der Waals surface area (Å²) in [6.07, 6.45) is 1.10. The molecule has 0 radical (unpaired) electrons. The number of aliphatic hydroxyl groups excluding tert-OH is 1. The van der Waals surface area contributed by atoms with E-state index in [1.165, 1.54) is 16.1 Å². The maximum Gasteiger partial charge on any atom is 0.0854 e. The highest BCUT2D eigenvalue weighted by molar-refractivity contribution is 7.10. The molecule has 0 bridgehead atoms. The summed E-state index contributed by atoms with van der Waals surface area (Å²) in [5, 5.41) is 12.8. The van der Waals surface area contributed by atoms with Gasteiger partial charge in [-0.1, -0.05) is 18.2 Å². The summed E-state index contributed by atoms with van der Waals surface area (Å²) in [7, 11) is 0. The van der Waals surface area contributed by atoms with Crippen LogP contribution < -0.4 is 4.90 Å². The molecule has 0 atom stereocenters. The molecule has 3 aromatic rings. The molecule has 21 heavy (non-hydrogen) atoms. The van der Waals surface area contributed by atoms with Crippen LogP contribution in [-0.4, -0.2) is 16.6 Å². The number of rotatable bonds is 2. The molecule has 2 aromatic heterocycles. The number of anilines is 1. The van der Waals surface area contributed by atoms with E-state index in [9.17, 15) is 5.11 Å². The molecule has 0 aliphatic carbocycles. The van der Waals surface area contributed by atoms with Crippen LogP contribution in [0, 0.1) is 0 Å². The zero-order chi connectivity index (χ0) is 14.2. The molecule has 0 spiro atoms. The molecule has 0 fully saturated rings. The Hall–Kier alpha value is -1.91. The first-order valence-electron chi connectivity index (χ1n) is 7.15. The molecular formula is C17H16N2OS. The van der Waals surface area contributed by atoms with Crippen LogP contribution in [0.15, 0.2) is 41.8 Å². The zero-order valence-corrected chi connectivity index (χ0v) is 12.4. The second-order valence-corrected chi connectivity index (χ2v) is 6.35. The Morgan fingerprint density at radius 3 is 3.05 bits per heavy atom. The molecule has 3 nitrogen and oxygen atoms in total. The van der Waals surface area contributed by atoms with Gasteiger partial charge in [0, 0.05) is 29.0 Å². The molecule has 4 heteroatoms. The van der Waals surface area contributed by atoms with Crippen LogP contribution >= 0.6 is 11.3 Å². The number of benzene rings is 1. The van der Waals surface area contributed by atoms with Gasteiger partial charge in [-0.25, -0.2) is 0 Å². The lowest BCUT2D eigenvalue weighted by molar-refractivity contribution is 0.277. The number of nitrogens with zero attached hydrogens (tertiary/aromatic N) is 2. The Kier molecular flexibility index (Phi) is 3.13. The topological polar surface area (TPSA) is 36.4 Å². The highest BCUT2D eigenvalue weighted by Gasteiger charge is 2.19. The van der Waals surface area contributed by atoms with E-state index in [2.05, 4.69) is 27.4 Å². The number of hydrogen-bond acceptors (Lipinski definition) is 4. The van der Waals surface area contributed by atoms with E-state index in [4.69, 9.17) is 0 Å². The maximum absolute atomic E-state index is 9.47. The summed E-state index contributed by atoms with van der Waals surface area (Å²) in [6.45, 7) is 1.94. The maximum atomic E-state index is 9.47. The fourth-order valence-corrected chi connectivity index (χ4v) is 3.90. The Morgan fingerprint density at radius 1 is 1.24 bits per heavy atom. The average Bonchev–Trinajstić information content (AvgIpc) is 3.01. The monoisotopic (exact) mass is 296 g/mol. The number of aliphatic hydroxyl groups is 1. The van der Waals surface area contributed by atoms with Crippen LogP contribution in [-0.2, 0) is 19.6 Å². The molecule has 0 saturated heterocycles. The molecular weight excluding hydrogens is 280 g/mol. The van der Waals surface area contributed by atoms with Gasteiger partial charge in [0.15, 0.2) is 0 Å². The summed E-state index contributed by atoms with van der Waals surface area (Å²) in [5.74, 6) is 0. The lowest BCUT2D eigenvalue weighted by Crippen LogP contribution is -2.29. The SMILES string of the molecule is OCc1cc(N2CCc3sccc3C2)c2ccccc2n1. The minimum atomic E-state index is -0.0185. The van der Waals surface area contributed by atoms with Crippen molar-refractivity contribution in [3.63, 3.8) is 0 Å². The van der Waals surface area contributed by atoms with E-state index in [-0.39, 0.29) is 6.61 Å². The van der Waals surface area contributed by atoms with Crippen molar-refractivity contribution in [1.82, 2.24) is 4.98 Å². The fraction of sp³-hybridized carbons (Fsp3) is 0.235. The summed E-state index contributed by atoms with van der Waals surface area (Å²) in [4.78, 5) is 8.42. The first-order valence-corrected chi connectivity index (χ1v) is 8.03. The van der Waals surface area contributed by atoms with Crippen LogP contribution in [0.2, 0.25) is 0 Å². The van der Waals surface area contributed by atoms with E-state index in [0.717, 1.165) is 36.1 Å². The molecule has 1 aliphatic rings. The van der Waals surface area contributed by atoms with Crippen molar-refractivity contribution in [2.24, 2.45) is 0 Å². The third kappa shape index (κ3) is 2.20. The van der Waals surface area contributed by atoms with Crippen molar-refractivity contribution in [3.8, 4) is 0 Å². The largest absolute Gasteiger partial charge is 0.390 e. The van der Waals surface area contributed by atoms with Gasteiger partial charge in [-0.2, -0.15) is 0 Å². The first-order chi connectivity index (χ1) is 10.3. The number of thiophene rings is 1. The quantitative estimate of drug-likeness (QED) is 0.788. The molecule has 3 heterocycles. The van der Waals surface area contributed by atoms with Crippen molar-refractivity contribution in [2.75, 3.05) is 11.4 Å². The Morgan fingerprint density at radius 2 is 2.14 bits per heavy atom. The van der Waals surface area contributed by atoms with Gasteiger partial charge in [0.2, 0.25) is 0 Å². The Bertz CT molecular complexity index is 796. The first kappa shape index (κ1) is 12.8. The van der Waals surface area contributed by atoms with Gasteiger partial charge in [-0.15, -0.1) is 11.3 Å². The molecule has 0 amide bonds. The number of fused-ring (bicyclic) bond motifs is 2. The standard InChI is InChI=1S/C17H16N2OS/c20-11-13-9-16(14-3-1-2-4-15(14)18-13)19-7-5-17-12(10-19)6-8-21-17/h1-4,6,8-9,20H,5,7,10-11H2. The van der Waals surface area contributed by atoms with Gasteiger partial charge in [-0.05, 0) is 35.6 Å². The molecule has 1 aliphatic heterocycles. The van der Waals surface area contributed by atoms with Gasteiger partial charge >= 0.3 is 0 Å². The summed E-state index contributed by atoms with van der Waals surface area (Å²) >= 11 is 1.85. The van der Waals surface area contributed by atoms with E-state index >= 15 is 0 Å². The van der Waals surface area contributed by atoms with Crippen molar-refractivity contribution >= 4 is 27.9 Å². The van der Waals surface area contributed by atoms with Crippen LogP contribution in [0.5, 0.6) is 0 Å². The molecule has 4 rings (SSSR count). The Balaban J connectivity index is 1.83. The van der Waals surface area contributed by atoms with Gasteiger partial charge < -0.3 is 10.0 Å². The summed E-state index contributed by atoms with van der Waals surface area (Å²) < 4.78 is 0. The lowest BCUT2D eigenvalue weighted by Gasteiger charge is -2.30. The smallest absolute Gasteiger partial charge is 0.0854 e. The summed E-state index contributed by atoms with van der Waals surface area (Å²) in [6, 6.07) is 12.4. The van der Waals surface area contributed by atoms with Crippen LogP contribution in [0.25, 0.3) is 10.9 Å². The van der Waals surface area contributed by atoms with E-state index in [1.54, 1.807) is 0 Å². The minimum absolute atomic E-state index is 0.0185. The van der Waals surface area contributed by atoms with Gasteiger partial charge in [0.1, 0.15) is 0 Å². The molecule has 0 unspecified atom stereocenters.